The summed E-state index contributed by atoms with van der Waals surface area (Å²) in [7, 11) is -9.61. The summed E-state index contributed by atoms with van der Waals surface area (Å²) >= 11 is 0.941. The van der Waals surface area contributed by atoms with Crippen LogP contribution in [0.4, 0.5) is 21.4 Å². The molecule has 0 radical (unpaired) electrons. The molecule has 12 nitrogen and oxygen atoms in total. The van der Waals surface area contributed by atoms with Crippen LogP contribution in [0.15, 0.2) is 74.6 Å². The topological polar surface area (TPSA) is 212 Å². The van der Waals surface area contributed by atoms with Crippen molar-refractivity contribution in [2.24, 2.45) is 16.1 Å². The molecule has 3 aromatic carbocycles. The lowest BCUT2D eigenvalue weighted by atomic mass is 10.0. The molecule has 40 heavy (non-hydrogen) atoms. The van der Waals surface area contributed by atoms with Crippen molar-refractivity contribution in [3.05, 3.63) is 60.2 Å². The number of carbonyl (C=O) groups is 1. The molecule has 0 unspecified atom stereocenters. The van der Waals surface area contributed by atoms with Crippen LogP contribution in [-0.4, -0.2) is 31.8 Å². The number of nitrogen functional groups attached to an aromatic ring is 1. The summed E-state index contributed by atoms with van der Waals surface area (Å²) in [4.78, 5) is 10.8. The minimum absolute atomic E-state index is 0.128. The maximum atomic E-state index is 12.1. The third-order valence-corrected chi connectivity index (χ3v) is 8.42. The number of hydrogen-bond donors (Lipinski definition) is 4. The third-order valence-electron chi connectivity index (χ3n) is 5.71. The van der Waals surface area contributed by atoms with Gasteiger partial charge >= 0.3 is 0 Å². The lowest BCUT2D eigenvalue weighted by Crippen LogP contribution is -2.17. The van der Waals surface area contributed by atoms with Crippen LogP contribution in [0.5, 0.6) is 0 Å². The van der Waals surface area contributed by atoms with Gasteiger partial charge in [0.15, 0.2) is 0 Å². The summed E-state index contributed by atoms with van der Waals surface area (Å²) in [5.41, 5.74) is 7.41. The average Bonchev–Trinajstić information content (AvgIpc) is 3.20. The normalized spacial score (nSPS) is 12.2. The van der Waals surface area contributed by atoms with E-state index in [0.29, 0.717) is 16.8 Å². The Balaban J connectivity index is 1.84. The first-order valence-electron chi connectivity index (χ1n) is 11.4. The number of amides is 1. The molecule has 0 aliphatic rings. The molecule has 4 rings (SSSR count). The number of nitrogens with zero attached hydrogens (tertiary/aromatic N) is 3. The van der Waals surface area contributed by atoms with Crippen LogP contribution in [0.1, 0.15) is 19.4 Å². The van der Waals surface area contributed by atoms with Gasteiger partial charge in [-0.25, -0.2) is 0 Å². The van der Waals surface area contributed by atoms with E-state index >= 15 is 0 Å². The largest absolute Gasteiger partial charge is 0.389 e. The van der Waals surface area contributed by atoms with E-state index in [1.165, 1.54) is 18.2 Å². The van der Waals surface area contributed by atoms with E-state index in [2.05, 4.69) is 15.5 Å². The summed E-state index contributed by atoms with van der Waals surface area (Å²) in [5.74, 6) is -0.393. The number of thiophene rings is 1. The standard InChI is InChI=1S/C25H21N5O7S3/c1-13(2)24(31)28-15-8-6-14(7-9-15)22-19(12-26)23(27)38-25(22)30-29-16-10-18-17(21(11-16)40(35,36)37)4-3-5-20(18)39(32,33)34/h3-11,13H,27H2,1-2H3,(H,28,31)(H,32,33,34)(H,35,36,37)/b30-29+. The highest BCUT2D eigenvalue weighted by Crippen LogP contribution is 2.45. The van der Waals surface area contributed by atoms with Crippen molar-refractivity contribution >= 4 is 69.6 Å². The summed E-state index contributed by atoms with van der Waals surface area (Å²) in [6.07, 6.45) is 0. The van der Waals surface area contributed by atoms with Gasteiger partial charge in [0.25, 0.3) is 20.2 Å². The second kappa shape index (κ2) is 10.8. The summed E-state index contributed by atoms with van der Waals surface area (Å²) in [6, 6.07) is 14.3. The average molecular weight is 600 g/mol. The predicted molar refractivity (Wildman–Crippen MR) is 150 cm³/mol. The van der Waals surface area contributed by atoms with Crippen molar-refractivity contribution in [3.63, 3.8) is 0 Å². The van der Waals surface area contributed by atoms with Crippen molar-refractivity contribution in [2.45, 2.75) is 23.6 Å². The zero-order chi connectivity index (χ0) is 29.4. The van der Waals surface area contributed by atoms with Crippen molar-refractivity contribution in [3.8, 4) is 17.2 Å². The van der Waals surface area contributed by atoms with Crippen LogP contribution < -0.4 is 11.1 Å². The SMILES string of the molecule is CC(C)C(=O)Nc1ccc(-c2c(/N=N/c3cc(S(=O)(=O)O)c4cccc(S(=O)(=O)O)c4c3)sc(N)c2C#N)cc1. The van der Waals surface area contributed by atoms with Crippen LogP contribution in [0.2, 0.25) is 0 Å². The molecule has 1 aromatic heterocycles. The Morgan fingerprint density at radius 2 is 1.62 bits per heavy atom. The fourth-order valence-corrected chi connectivity index (χ4v) is 6.09. The smallest absolute Gasteiger partial charge is 0.295 e. The number of carbonyl (C=O) groups excluding carboxylic acids is 1. The molecule has 0 saturated carbocycles. The molecule has 0 spiro atoms. The number of azo groups is 1. The van der Waals surface area contributed by atoms with Gasteiger partial charge in [-0.1, -0.05) is 49.4 Å². The van der Waals surface area contributed by atoms with Gasteiger partial charge < -0.3 is 11.1 Å². The van der Waals surface area contributed by atoms with E-state index in [4.69, 9.17) is 5.73 Å². The maximum Gasteiger partial charge on any atom is 0.295 e. The summed E-state index contributed by atoms with van der Waals surface area (Å²) in [5, 5.41) is 20.6. The van der Waals surface area contributed by atoms with Gasteiger partial charge in [-0.15, -0.1) is 10.2 Å². The van der Waals surface area contributed by atoms with Gasteiger partial charge in [-0.2, -0.15) is 22.1 Å². The molecule has 1 amide bonds. The molecule has 0 bridgehead atoms. The molecule has 0 fully saturated rings. The Hall–Kier alpha value is -4.20. The van der Waals surface area contributed by atoms with Crippen LogP contribution in [0, 0.1) is 17.2 Å². The summed E-state index contributed by atoms with van der Waals surface area (Å²) < 4.78 is 67.4. The highest BCUT2D eigenvalue weighted by molar-refractivity contribution is 7.86. The number of nitrogens with one attached hydrogen (secondary N) is 1. The molecule has 0 aliphatic heterocycles. The number of fused-ring (bicyclic) bond motifs is 1. The highest BCUT2D eigenvalue weighted by Gasteiger charge is 2.22. The number of benzene rings is 3. The predicted octanol–water partition coefficient (Wildman–Crippen LogP) is 5.53. The quantitative estimate of drug-likeness (QED) is 0.155. The van der Waals surface area contributed by atoms with Gasteiger partial charge in [0.2, 0.25) is 5.91 Å². The number of anilines is 2. The number of rotatable bonds is 7. The number of hydrogen-bond acceptors (Lipinski definition) is 10. The first kappa shape index (κ1) is 28.8. The molecule has 0 atom stereocenters. The van der Waals surface area contributed by atoms with E-state index in [1.54, 1.807) is 38.1 Å². The number of nitriles is 1. The van der Waals surface area contributed by atoms with Crippen molar-refractivity contribution in [1.82, 2.24) is 0 Å². The van der Waals surface area contributed by atoms with E-state index in [9.17, 15) is 36.0 Å². The first-order chi connectivity index (χ1) is 18.7. The minimum Gasteiger partial charge on any atom is -0.389 e. The van der Waals surface area contributed by atoms with Crippen molar-refractivity contribution in [1.29, 1.82) is 5.26 Å². The van der Waals surface area contributed by atoms with Crippen LogP contribution in [0.25, 0.3) is 21.9 Å². The minimum atomic E-state index is -4.84. The molecule has 206 valence electrons. The molecule has 1 heterocycles. The molecule has 4 aromatic rings. The Morgan fingerprint density at radius 3 is 2.20 bits per heavy atom. The maximum absolute atomic E-state index is 12.1. The molecule has 0 saturated heterocycles. The van der Waals surface area contributed by atoms with E-state index in [-0.39, 0.29) is 43.9 Å². The third kappa shape index (κ3) is 5.86. The van der Waals surface area contributed by atoms with Crippen molar-refractivity contribution < 1.29 is 30.7 Å². The van der Waals surface area contributed by atoms with Gasteiger partial charge in [0, 0.05) is 27.9 Å². The second-order valence-electron chi connectivity index (χ2n) is 8.80. The van der Waals surface area contributed by atoms with Gasteiger partial charge in [0.05, 0.1) is 11.3 Å². The molecule has 5 N–H and O–H groups in total. The Morgan fingerprint density at radius 1 is 0.975 bits per heavy atom. The first-order valence-corrected chi connectivity index (χ1v) is 15.1. The summed E-state index contributed by atoms with van der Waals surface area (Å²) in [6.45, 7) is 3.51. The van der Waals surface area contributed by atoms with Gasteiger partial charge in [-0.3, -0.25) is 13.9 Å². The second-order valence-corrected chi connectivity index (χ2v) is 12.6. The fraction of sp³-hybridized carbons (Fsp3) is 0.120. The van der Waals surface area contributed by atoms with Crippen LogP contribution >= 0.6 is 11.3 Å². The number of nitrogens with two attached hydrogens (primary N) is 1. The van der Waals surface area contributed by atoms with Crippen LogP contribution in [-0.2, 0) is 25.0 Å². The fourth-order valence-electron chi connectivity index (χ4n) is 3.80. The molecular weight excluding hydrogens is 579 g/mol. The Kier molecular flexibility index (Phi) is 7.74. The zero-order valence-electron chi connectivity index (χ0n) is 20.9. The van der Waals surface area contributed by atoms with Gasteiger partial charge in [0.1, 0.15) is 25.9 Å². The Bertz CT molecular complexity index is 1940. The molecular formula is C25H21N5O7S3. The lowest BCUT2D eigenvalue weighted by molar-refractivity contribution is -0.118. The monoisotopic (exact) mass is 599 g/mol. The van der Waals surface area contributed by atoms with E-state index < -0.39 is 30.0 Å². The molecule has 0 aliphatic carbocycles. The van der Waals surface area contributed by atoms with E-state index in [1.807, 2.05) is 6.07 Å². The lowest BCUT2D eigenvalue weighted by Gasteiger charge is -2.09. The van der Waals surface area contributed by atoms with Crippen LogP contribution in [0.3, 0.4) is 0 Å². The Labute approximate surface area is 233 Å². The highest BCUT2D eigenvalue weighted by atomic mass is 32.2. The molecule has 15 heteroatoms. The zero-order valence-corrected chi connectivity index (χ0v) is 23.3. The van der Waals surface area contributed by atoms with E-state index in [0.717, 1.165) is 23.5 Å². The van der Waals surface area contributed by atoms with Crippen molar-refractivity contribution in [2.75, 3.05) is 11.1 Å². The van der Waals surface area contributed by atoms with Gasteiger partial charge in [-0.05, 0) is 35.9 Å².